The monoisotopic (exact) mass is 376 g/mol. The highest BCUT2D eigenvalue weighted by atomic mass is 16.5. The van der Waals surface area contributed by atoms with Gasteiger partial charge in [0.1, 0.15) is 11.1 Å². The van der Waals surface area contributed by atoms with Gasteiger partial charge < -0.3 is 39.1 Å². The predicted molar refractivity (Wildman–Crippen MR) is 94.2 cm³/mol. The lowest BCUT2D eigenvalue weighted by molar-refractivity contribution is 0.344. The first-order valence-electron chi connectivity index (χ1n) is 7.58. The first-order chi connectivity index (χ1) is 12.8. The molecule has 0 bridgehead atoms. The molecule has 0 spiro atoms. The van der Waals surface area contributed by atoms with Crippen LogP contribution in [0.5, 0.6) is 40.2 Å². The van der Waals surface area contributed by atoms with Gasteiger partial charge in [-0.05, 0) is 12.1 Å². The summed E-state index contributed by atoms with van der Waals surface area (Å²) in [5.41, 5.74) is -0.878. The normalized spacial score (nSPS) is 10.8. The lowest BCUT2D eigenvalue weighted by Crippen LogP contribution is -2.08. The first-order valence-corrected chi connectivity index (χ1v) is 7.58. The predicted octanol–water partition coefficient (Wildman–Crippen LogP) is 2.31. The number of benzene rings is 2. The number of ether oxygens (including phenoxy) is 3. The maximum absolute atomic E-state index is 12.8. The van der Waals surface area contributed by atoms with Crippen molar-refractivity contribution < 1.29 is 39.1 Å². The third kappa shape index (κ3) is 2.69. The zero-order chi connectivity index (χ0) is 19.9. The van der Waals surface area contributed by atoms with Crippen LogP contribution in [0.1, 0.15) is 0 Å². The summed E-state index contributed by atoms with van der Waals surface area (Å²) in [5, 5.41) is 39.8. The quantitative estimate of drug-likeness (QED) is 0.540. The van der Waals surface area contributed by atoms with Gasteiger partial charge in [-0.3, -0.25) is 4.79 Å². The topological polar surface area (TPSA) is 139 Å². The van der Waals surface area contributed by atoms with Crippen LogP contribution < -0.4 is 19.6 Å². The number of phenols is 4. The van der Waals surface area contributed by atoms with E-state index in [0.717, 1.165) is 6.07 Å². The largest absolute Gasteiger partial charge is 0.507 e. The van der Waals surface area contributed by atoms with E-state index < -0.39 is 28.4 Å². The average Bonchev–Trinajstić information content (AvgIpc) is 2.61. The number of phenolic OH excluding ortho intramolecular Hbond substituents is 4. The summed E-state index contributed by atoms with van der Waals surface area (Å²) in [5.74, 6) is -2.55. The summed E-state index contributed by atoms with van der Waals surface area (Å²) >= 11 is 0. The maximum Gasteiger partial charge on any atom is 0.239 e. The zero-order valence-corrected chi connectivity index (χ0v) is 14.6. The summed E-state index contributed by atoms with van der Waals surface area (Å²) in [4.78, 5) is 12.8. The van der Waals surface area contributed by atoms with Gasteiger partial charge in [-0.1, -0.05) is 0 Å². The van der Waals surface area contributed by atoms with Crippen molar-refractivity contribution in [3.05, 3.63) is 28.4 Å². The Morgan fingerprint density at radius 3 is 1.78 bits per heavy atom. The van der Waals surface area contributed by atoms with Crippen LogP contribution in [0.15, 0.2) is 27.4 Å². The highest BCUT2D eigenvalue weighted by molar-refractivity contribution is 5.93. The van der Waals surface area contributed by atoms with Gasteiger partial charge in [-0.25, -0.2) is 0 Å². The van der Waals surface area contributed by atoms with E-state index in [1.165, 1.54) is 33.5 Å². The molecular formula is C18H16O9. The fourth-order valence-electron chi connectivity index (χ4n) is 2.81. The van der Waals surface area contributed by atoms with Gasteiger partial charge in [-0.15, -0.1) is 0 Å². The molecule has 0 atom stereocenters. The van der Waals surface area contributed by atoms with Crippen molar-refractivity contribution in [3.63, 3.8) is 0 Å². The molecule has 0 amide bonds. The lowest BCUT2D eigenvalue weighted by Gasteiger charge is -2.14. The Balaban J connectivity index is 2.46. The van der Waals surface area contributed by atoms with Crippen LogP contribution in [0.4, 0.5) is 0 Å². The van der Waals surface area contributed by atoms with E-state index in [0.29, 0.717) is 0 Å². The van der Waals surface area contributed by atoms with Gasteiger partial charge in [0.15, 0.2) is 28.6 Å². The number of rotatable bonds is 4. The third-order valence-electron chi connectivity index (χ3n) is 3.96. The Morgan fingerprint density at radius 2 is 1.26 bits per heavy atom. The summed E-state index contributed by atoms with van der Waals surface area (Å²) in [6.07, 6.45) is 0. The van der Waals surface area contributed by atoms with Crippen LogP contribution in [-0.2, 0) is 0 Å². The Labute approximate surface area is 152 Å². The third-order valence-corrected chi connectivity index (χ3v) is 3.96. The lowest BCUT2D eigenvalue weighted by atomic mass is 10.1. The van der Waals surface area contributed by atoms with Crippen molar-refractivity contribution in [2.24, 2.45) is 0 Å². The van der Waals surface area contributed by atoms with Gasteiger partial charge in [0.05, 0.1) is 21.3 Å². The van der Waals surface area contributed by atoms with E-state index in [2.05, 4.69) is 0 Å². The Bertz CT molecular complexity index is 1080. The zero-order valence-electron chi connectivity index (χ0n) is 14.6. The molecule has 2 aromatic carbocycles. The molecule has 3 rings (SSSR count). The molecule has 0 unspecified atom stereocenters. The van der Waals surface area contributed by atoms with Gasteiger partial charge in [0.2, 0.25) is 22.7 Å². The second-order valence-corrected chi connectivity index (χ2v) is 5.49. The second-order valence-electron chi connectivity index (χ2n) is 5.49. The smallest absolute Gasteiger partial charge is 0.239 e. The summed E-state index contributed by atoms with van der Waals surface area (Å²) in [6, 6.07) is 3.34. The molecule has 4 N–H and O–H groups in total. The van der Waals surface area contributed by atoms with Crippen LogP contribution >= 0.6 is 0 Å². The van der Waals surface area contributed by atoms with Gasteiger partial charge in [0, 0.05) is 11.6 Å². The molecule has 0 aliphatic heterocycles. The van der Waals surface area contributed by atoms with E-state index >= 15 is 0 Å². The standard InChI is InChI=1S/C18H16O9/c1-24-15-9(20)4-7(5-10(15)21)14-18(26-3)13(23)12-8(19)6-11(22)16(25-2)17(12)27-14/h4-6,19-22H,1-3H3. The van der Waals surface area contributed by atoms with Crippen LogP contribution in [-0.4, -0.2) is 41.8 Å². The molecule has 0 aliphatic carbocycles. The van der Waals surface area contributed by atoms with Crippen molar-refractivity contribution in [2.45, 2.75) is 0 Å². The van der Waals surface area contributed by atoms with Gasteiger partial charge in [0.25, 0.3) is 0 Å². The van der Waals surface area contributed by atoms with Crippen LogP contribution in [0.25, 0.3) is 22.3 Å². The molecule has 1 heterocycles. The molecule has 0 saturated heterocycles. The fraction of sp³-hybridized carbons (Fsp3) is 0.167. The SMILES string of the molecule is COc1c(O)cc(-c2oc3c(OC)c(O)cc(O)c3c(=O)c2OC)cc1O. The minimum atomic E-state index is -0.737. The van der Waals surface area contributed by atoms with Crippen molar-refractivity contribution in [3.8, 4) is 51.6 Å². The molecule has 0 fully saturated rings. The van der Waals surface area contributed by atoms with Gasteiger partial charge >= 0.3 is 0 Å². The van der Waals surface area contributed by atoms with Crippen molar-refractivity contribution >= 4 is 11.0 Å². The van der Waals surface area contributed by atoms with Crippen molar-refractivity contribution in [1.82, 2.24) is 0 Å². The molecule has 0 saturated carbocycles. The summed E-state index contributed by atoms with van der Waals surface area (Å²) in [6.45, 7) is 0. The molecule has 1 aromatic heterocycles. The van der Waals surface area contributed by atoms with Crippen molar-refractivity contribution in [1.29, 1.82) is 0 Å². The number of hydrogen-bond acceptors (Lipinski definition) is 9. The van der Waals surface area contributed by atoms with Crippen LogP contribution in [0, 0.1) is 0 Å². The molecule has 142 valence electrons. The van der Waals surface area contributed by atoms with E-state index in [1.807, 2.05) is 0 Å². The molecule has 9 nitrogen and oxygen atoms in total. The first kappa shape index (κ1) is 18.1. The van der Waals surface area contributed by atoms with Crippen LogP contribution in [0.2, 0.25) is 0 Å². The second kappa shape index (κ2) is 6.52. The fourth-order valence-corrected chi connectivity index (χ4v) is 2.81. The minimum absolute atomic E-state index is 0.0894. The number of hydrogen-bond donors (Lipinski definition) is 4. The Hall–Kier alpha value is -3.75. The van der Waals surface area contributed by atoms with Crippen molar-refractivity contribution in [2.75, 3.05) is 21.3 Å². The molecule has 27 heavy (non-hydrogen) atoms. The molecule has 9 heteroatoms. The van der Waals surface area contributed by atoms with E-state index in [1.54, 1.807) is 0 Å². The van der Waals surface area contributed by atoms with E-state index in [-0.39, 0.29) is 39.5 Å². The molecular weight excluding hydrogens is 360 g/mol. The van der Waals surface area contributed by atoms with Gasteiger partial charge in [-0.2, -0.15) is 0 Å². The number of methoxy groups -OCH3 is 3. The van der Waals surface area contributed by atoms with E-state index in [4.69, 9.17) is 18.6 Å². The Morgan fingerprint density at radius 1 is 0.741 bits per heavy atom. The number of fused-ring (bicyclic) bond motifs is 1. The highest BCUT2D eigenvalue weighted by Gasteiger charge is 2.25. The molecule has 0 aliphatic rings. The van der Waals surface area contributed by atoms with Crippen LogP contribution in [0.3, 0.4) is 0 Å². The highest BCUT2D eigenvalue weighted by Crippen LogP contribution is 2.45. The minimum Gasteiger partial charge on any atom is -0.507 e. The Kier molecular flexibility index (Phi) is 4.36. The summed E-state index contributed by atoms with van der Waals surface area (Å²) in [7, 11) is 3.74. The molecule has 3 aromatic rings. The average molecular weight is 376 g/mol. The maximum atomic E-state index is 12.8. The van der Waals surface area contributed by atoms with E-state index in [9.17, 15) is 25.2 Å². The molecule has 0 radical (unpaired) electrons. The summed E-state index contributed by atoms with van der Waals surface area (Å²) < 4.78 is 20.7. The number of aromatic hydroxyl groups is 4.